The number of fused-ring (bicyclic) bond motifs is 1. The minimum atomic E-state index is -1.26. The van der Waals surface area contributed by atoms with Crippen molar-refractivity contribution in [2.45, 2.75) is 49.3 Å². The molecule has 5 N–H and O–H groups in total. The summed E-state index contributed by atoms with van der Waals surface area (Å²) in [5, 5.41) is 52.5. The highest BCUT2D eigenvalue weighted by molar-refractivity contribution is 7.99. The molecular formula is C19H23N7O4S. The van der Waals surface area contributed by atoms with Gasteiger partial charge in [-0.3, -0.25) is 5.43 Å². The Kier molecular flexibility index (Phi) is 6.32. The number of benzene rings is 1. The quantitative estimate of drug-likeness (QED) is 0.153. The van der Waals surface area contributed by atoms with E-state index in [2.05, 4.69) is 37.7 Å². The summed E-state index contributed by atoms with van der Waals surface area (Å²) < 4.78 is 1.42. The van der Waals surface area contributed by atoms with Crippen molar-refractivity contribution in [1.29, 1.82) is 0 Å². The van der Waals surface area contributed by atoms with Crippen LogP contribution in [-0.4, -0.2) is 75.7 Å². The summed E-state index contributed by atoms with van der Waals surface area (Å²) in [5.41, 5.74) is 4.37. The van der Waals surface area contributed by atoms with Crippen molar-refractivity contribution in [1.82, 2.24) is 25.0 Å². The zero-order valence-electron chi connectivity index (χ0n) is 16.7. The molecule has 31 heavy (non-hydrogen) atoms. The second kappa shape index (κ2) is 9.14. The molecule has 0 radical (unpaired) electrons. The lowest BCUT2D eigenvalue weighted by Gasteiger charge is -2.16. The van der Waals surface area contributed by atoms with Gasteiger partial charge in [0.1, 0.15) is 18.0 Å². The van der Waals surface area contributed by atoms with Crippen molar-refractivity contribution < 1.29 is 20.4 Å². The summed E-state index contributed by atoms with van der Waals surface area (Å²) in [7, 11) is 0. The van der Waals surface area contributed by atoms with Gasteiger partial charge in [-0.2, -0.15) is 5.10 Å². The first-order valence-electron chi connectivity index (χ1n) is 9.86. The molecule has 164 valence electrons. The van der Waals surface area contributed by atoms with Crippen molar-refractivity contribution in [2.24, 2.45) is 5.10 Å². The summed E-state index contributed by atoms with van der Waals surface area (Å²) in [4.78, 5) is 9.02. The van der Waals surface area contributed by atoms with E-state index in [4.69, 9.17) is 0 Å². The third-order valence-electron chi connectivity index (χ3n) is 4.95. The van der Waals surface area contributed by atoms with E-state index >= 15 is 0 Å². The molecular weight excluding hydrogens is 422 g/mol. The second-order valence-electron chi connectivity index (χ2n) is 7.22. The normalized spacial score (nSPS) is 23.7. The van der Waals surface area contributed by atoms with Gasteiger partial charge in [-0.1, -0.05) is 23.9 Å². The number of phenols is 1. The predicted molar refractivity (Wildman–Crippen MR) is 115 cm³/mol. The molecule has 0 unspecified atom stereocenters. The molecule has 1 fully saturated rings. The Balaban J connectivity index is 1.67. The number of aliphatic hydroxyl groups is 3. The lowest BCUT2D eigenvalue weighted by Crippen LogP contribution is -2.31. The van der Waals surface area contributed by atoms with Crippen LogP contribution in [0.4, 0.5) is 5.82 Å². The molecule has 11 nitrogen and oxygen atoms in total. The van der Waals surface area contributed by atoms with Gasteiger partial charge in [0.25, 0.3) is 0 Å². The van der Waals surface area contributed by atoms with Gasteiger partial charge in [-0.25, -0.2) is 14.6 Å². The number of phenolic OH excluding ortho intramolecular Hbond substituents is 1. The van der Waals surface area contributed by atoms with E-state index in [1.54, 1.807) is 30.5 Å². The minimum absolute atomic E-state index is 0.129. The highest BCUT2D eigenvalue weighted by atomic mass is 32.2. The van der Waals surface area contributed by atoms with Crippen LogP contribution >= 0.6 is 11.8 Å². The fraction of sp³-hybridized carbons (Fsp3) is 0.421. The van der Waals surface area contributed by atoms with Crippen LogP contribution in [0.15, 0.2) is 34.5 Å². The molecule has 0 amide bonds. The van der Waals surface area contributed by atoms with Crippen molar-refractivity contribution in [3.8, 4) is 5.75 Å². The average Bonchev–Trinajstić information content (AvgIpc) is 3.30. The second-order valence-corrected chi connectivity index (χ2v) is 8.28. The molecule has 2 aromatic heterocycles. The van der Waals surface area contributed by atoms with Crippen molar-refractivity contribution in [3.05, 3.63) is 29.8 Å². The Bertz CT molecular complexity index is 1080. The average molecular weight is 446 g/mol. The summed E-state index contributed by atoms with van der Waals surface area (Å²) in [6.07, 6.45) is -0.861. The molecule has 12 heteroatoms. The maximum atomic E-state index is 10.3. The Hall–Kier alpha value is -2.80. The number of rotatable bonds is 7. The molecule has 0 bridgehead atoms. The van der Waals surface area contributed by atoms with Crippen molar-refractivity contribution >= 4 is 35.0 Å². The SMILES string of the molecule is CCCSc1nc(N/N=C/c2ccc(O)cc2)c2nnn([C@@H]3C[C@H](O)[C@@H](O)[C@H]3O)c2n1. The van der Waals surface area contributed by atoms with Gasteiger partial charge >= 0.3 is 0 Å². The highest BCUT2D eigenvalue weighted by Crippen LogP contribution is 2.33. The van der Waals surface area contributed by atoms with E-state index in [9.17, 15) is 20.4 Å². The molecule has 1 aliphatic carbocycles. The van der Waals surface area contributed by atoms with Gasteiger partial charge in [0, 0.05) is 12.2 Å². The molecule has 0 aliphatic heterocycles. The van der Waals surface area contributed by atoms with Crippen LogP contribution in [0.2, 0.25) is 0 Å². The first kappa shape index (κ1) is 21.4. The number of anilines is 1. The number of nitrogens with one attached hydrogen (secondary N) is 1. The minimum Gasteiger partial charge on any atom is -0.508 e. The number of nitrogens with zero attached hydrogens (tertiary/aromatic N) is 6. The molecule has 3 aromatic rings. The predicted octanol–water partition coefficient (Wildman–Crippen LogP) is 0.902. The molecule has 0 spiro atoms. The molecule has 1 aliphatic rings. The molecule has 2 heterocycles. The smallest absolute Gasteiger partial charge is 0.191 e. The third-order valence-corrected chi connectivity index (χ3v) is 6.00. The Morgan fingerprint density at radius 3 is 2.65 bits per heavy atom. The first-order valence-corrected chi connectivity index (χ1v) is 10.8. The van der Waals surface area contributed by atoms with Crippen molar-refractivity contribution in [2.75, 3.05) is 11.2 Å². The summed E-state index contributed by atoms with van der Waals surface area (Å²) in [6.45, 7) is 2.05. The van der Waals surface area contributed by atoms with Gasteiger partial charge in [-0.15, -0.1) is 5.10 Å². The number of hydrogen-bond donors (Lipinski definition) is 5. The van der Waals surface area contributed by atoms with Crippen LogP contribution in [0.3, 0.4) is 0 Å². The van der Waals surface area contributed by atoms with Gasteiger partial charge in [0.15, 0.2) is 22.1 Å². The maximum Gasteiger partial charge on any atom is 0.191 e. The zero-order valence-corrected chi connectivity index (χ0v) is 17.5. The number of aliphatic hydroxyl groups excluding tert-OH is 3. The lowest BCUT2D eigenvalue weighted by atomic mass is 10.2. The van der Waals surface area contributed by atoms with E-state index in [1.165, 1.54) is 16.4 Å². The molecule has 4 atom stereocenters. The van der Waals surface area contributed by atoms with Gasteiger partial charge in [-0.05, 0) is 36.2 Å². The fourth-order valence-electron chi connectivity index (χ4n) is 3.32. The topological polar surface area (TPSA) is 162 Å². The van der Waals surface area contributed by atoms with Crippen LogP contribution in [0.5, 0.6) is 5.75 Å². The van der Waals surface area contributed by atoms with Crippen LogP contribution in [0.1, 0.15) is 31.4 Å². The fourth-order valence-corrected chi connectivity index (χ4v) is 4.02. The van der Waals surface area contributed by atoms with E-state index in [-0.39, 0.29) is 12.2 Å². The number of aromatic nitrogens is 5. The first-order chi connectivity index (χ1) is 15.0. The lowest BCUT2D eigenvalue weighted by molar-refractivity contribution is -0.0253. The van der Waals surface area contributed by atoms with Gasteiger partial charge < -0.3 is 20.4 Å². The summed E-state index contributed by atoms with van der Waals surface area (Å²) in [5.74, 6) is 1.33. The molecule has 1 aromatic carbocycles. The number of aromatic hydroxyl groups is 1. The van der Waals surface area contributed by atoms with E-state index in [0.29, 0.717) is 22.1 Å². The van der Waals surface area contributed by atoms with E-state index in [1.807, 2.05) is 0 Å². The number of thioether (sulfide) groups is 1. The Labute approximate surface area is 181 Å². The Morgan fingerprint density at radius 1 is 1.19 bits per heavy atom. The zero-order chi connectivity index (χ0) is 22.0. The standard InChI is InChI=1S/C19H23N7O4S/c1-2-7-31-19-21-17(24-20-9-10-3-5-11(27)6-4-10)14-18(22-19)26(25-23-14)12-8-13(28)16(30)15(12)29/h3-6,9,12-13,15-16,27-30H,2,7-8H2,1H3,(H,21,22,24)/b20-9+/t12-,13+,15+,16-/m1/s1. The molecule has 4 rings (SSSR count). The molecule has 0 saturated heterocycles. The molecule has 1 saturated carbocycles. The van der Waals surface area contributed by atoms with Gasteiger partial charge in [0.2, 0.25) is 0 Å². The van der Waals surface area contributed by atoms with Gasteiger partial charge in [0.05, 0.1) is 18.4 Å². The van der Waals surface area contributed by atoms with E-state index < -0.39 is 24.4 Å². The van der Waals surface area contributed by atoms with E-state index in [0.717, 1.165) is 17.7 Å². The Morgan fingerprint density at radius 2 is 1.97 bits per heavy atom. The van der Waals surface area contributed by atoms with Crippen LogP contribution < -0.4 is 5.43 Å². The summed E-state index contributed by atoms with van der Waals surface area (Å²) in [6, 6.07) is 5.89. The monoisotopic (exact) mass is 445 g/mol. The van der Waals surface area contributed by atoms with Crippen LogP contribution in [-0.2, 0) is 0 Å². The third kappa shape index (κ3) is 4.46. The largest absolute Gasteiger partial charge is 0.508 e. The number of hydrazone groups is 1. The van der Waals surface area contributed by atoms with Crippen LogP contribution in [0.25, 0.3) is 11.2 Å². The van der Waals surface area contributed by atoms with Crippen molar-refractivity contribution in [3.63, 3.8) is 0 Å². The highest BCUT2D eigenvalue weighted by Gasteiger charge is 2.43. The maximum absolute atomic E-state index is 10.3. The van der Waals surface area contributed by atoms with Crippen LogP contribution in [0, 0.1) is 0 Å². The summed E-state index contributed by atoms with van der Waals surface area (Å²) >= 11 is 1.47. The number of hydrogen-bond acceptors (Lipinski definition) is 11.